The first-order valence-corrected chi connectivity index (χ1v) is 7.62. The quantitative estimate of drug-likeness (QED) is 0.779. The average molecular weight is 287 g/mol. The van der Waals surface area contributed by atoms with Gasteiger partial charge in [0.25, 0.3) is 0 Å². The van der Waals surface area contributed by atoms with E-state index in [-0.39, 0.29) is 11.0 Å². The van der Waals surface area contributed by atoms with Crippen molar-refractivity contribution in [1.29, 1.82) is 0 Å². The van der Waals surface area contributed by atoms with Crippen molar-refractivity contribution in [3.8, 4) is 0 Å². The van der Waals surface area contributed by atoms with E-state index in [0.717, 1.165) is 10.7 Å². The lowest BCUT2D eigenvalue weighted by Crippen LogP contribution is -2.22. The summed E-state index contributed by atoms with van der Waals surface area (Å²) in [4.78, 5) is 4.22. The first-order chi connectivity index (χ1) is 8.87. The highest BCUT2D eigenvalue weighted by molar-refractivity contribution is 7.89. The van der Waals surface area contributed by atoms with Gasteiger partial charge in [-0.25, -0.2) is 17.7 Å². The summed E-state index contributed by atoms with van der Waals surface area (Å²) >= 11 is 0. The predicted molar refractivity (Wildman–Crippen MR) is 74.5 cm³/mol. The van der Waals surface area contributed by atoms with Crippen molar-refractivity contribution in [3.05, 3.63) is 18.3 Å². The van der Waals surface area contributed by atoms with Crippen LogP contribution in [0, 0.1) is 0 Å². The fraction of sp³-hybridized carbons (Fsp3) is 0.583. The predicted octanol–water partition coefficient (Wildman–Crippen LogP) is 0.905. The van der Waals surface area contributed by atoms with E-state index in [0.29, 0.717) is 18.8 Å². The van der Waals surface area contributed by atoms with E-state index >= 15 is 0 Å². The molecule has 0 saturated heterocycles. The molecular weight excluding hydrogens is 266 g/mol. The molecule has 1 atom stereocenters. The Morgan fingerprint density at radius 2 is 2.11 bits per heavy atom. The largest absolute Gasteiger partial charge is 0.393 e. The van der Waals surface area contributed by atoms with Crippen molar-refractivity contribution < 1.29 is 13.5 Å². The SMILES string of the molecule is CCC(O)CCNc1ccc(S(=O)(=O)N(C)C)cn1. The standard InChI is InChI=1S/C12H21N3O3S/c1-4-10(16)7-8-13-12-6-5-11(9-14-12)19(17,18)15(2)3/h5-6,9-10,16H,4,7-8H2,1-3H3,(H,13,14). The van der Waals surface area contributed by atoms with E-state index in [1.807, 2.05) is 6.92 Å². The number of aliphatic hydroxyl groups is 1. The number of aliphatic hydroxyl groups excluding tert-OH is 1. The number of sulfonamides is 1. The zero-order chi connectivity index (χ0) is 14.5. The second-order valence-electron chi connectivity index (χ2n) is 4.44. The van der Waals surface area contributed by atoms with Crippen molar-refractivity contribution in [2.75, 3.05) is 26.0 Å². The van der Waals surface area contributed by atoms with Gasteiger partial charge in [-0.1, -0.05) is 6.92 Å². The van der Waals surface area contributed by atoms with Gasteiger partial charge >= 0.3 is 0 Å². The molecule has 6 nitrogen and oxygen atoms in total. The fourth-order valence-electron chi connectivity index (χ4n) is 1.42. The second-order valence-corrected chi connectivity index (χ2v) is 6.60. The Balaban J connectivity index is 2.62. The van der Waals surface area contributed by atoms with Crippen molar-refractivity contribution in [2.45, 2.75) is 30.8 Å². The molecule has 108 valence electrons. The molecule has 7 heteroatoms. The molecule has 1 heterocycles. The van der Waals surface area contributed by atoms with Gasteiger partial charge in [0.1, 0.15) is 10.7 Å². The monoisotopic (exact) mass is 287 g/mol. The van der Waals surface area contributed by atoms with Crippen LogP contribution in [0.25, 0.3) is 0 Å². The lowest BCUT2D eigenvalue weighted by molar-refractivity contribution is 0.164. The normalized spacial score (nSPS) is 13.5. The molecule has 2 N–H and O–H groups in total. The molecule has 1 aromatic rings. The van der Waals surface area contributed by atoms with Crippen LogP contribution in [0.15, 0.2) is 23.2 Å². The maximum Gasteiger partial charge on any atom is 0.244 e. The number of nitrogens with zero attached hydrogens (tertiary/aromatic N) is 2. The van der Waals surface area contributed by atoms with Crippen LogP contribution in [0.2, 0.25) is 0 Å². The Morgan fingerprint density at radius 1 is 1.42 bits per heavy atom. The minimum Gasteiger partial charge on any atom is -0.393 e. The first-order valence-electron chi connectivity index (χ1n) is 6.18. The summed E-state index contributed by atoms with van der Waals surface area (Å²) in [5.41, 5.74) is 0. The second kappa shape index (κ2) is 6.83. The molecule has 0 amide bonds. The van der Waals surface area contributed by atoms with Gasteiger partial charge in [0, 0.05) is 26.8 Å². The van der Waals surface area contributed by atoms with Gasteiger partial charge in [-0.05, 0) is 25.0 Å². The van der Waals surface area contributed by atoms with E-state index in [1.54, 1.807) is 6.07 Å². The minimum atomic E-state index is -3.43. The van der Waals surface area contributed by atoms with Gasteiger partial charge in [0.2, 0.25) is 10.0 Å². The molecule has 0 aliphatic heterocycles. The zero-order valence-electron chi connectivity index (χ0n) is 11.5. The van der Waals surface area contributed by atoms with E-state index in [1.165, 1.54) is 26.4 Å². The van der Waals surface area contributed by atoms with Crippen molar-refractivity contribution in [3.63, 3.8) is 0 Å². The van der Waals surface area contributed by atoms with Crippen molar-refractivity contribution >= 4 is 15.8 Å². The number of rotatable bonds is 7. The molecule has 0 aromatic carbocycles. The highest BCUT2D eigenvalue weighted by atomic mass is 32.2. The molecule has 1 aromatic heterocycles. The van der Waals surface area contributed by atoms with E-state index in [2.05, 4.69) is 10.3 Å². The molecule has 0 bridgehead atoms. The molecule has 0 fully saturated rings. The maximum absolute atomic E-state index is 11.8. The molecule has 19 heavy (non-hydrogen) atoms. The molecule has 0 radical (unpaired) electrons. The van der Waals surface area contributed by atoms with E-state index in [4.69, 9.17) is 0 Å². The van der Waals surface area contributed by atoms with Crippen LogP contribution in [0.5, 0.6) is 0 Å². The molecule has 0 spiro atoms. The minimum absolute atomic E-state index is 0.164. The average Bonchev–Trinajstić information content (AvgIpc) is 2.39. The van der Waals surface area contributed by atoms with Gasteiger partial charge in [-0.15, -0.1) is 0 Å². The van der Waals surface area contributed by atoms with Crippen LogP contribution in [-0.2, 0) is 10.0 Å². The van der Waals surface area contributed by atoms with E-state index in [9.17, 15) is 13.5 Å². The third kappa shape index (κ3) is 4.45. The maximum atomic E-state index is 11.8. The summed E-state index contributed by atoms with van der Waals surface area (Å²) in [5.74, 6) is 0.598. The Bertz CT molecular complexity index is 485. The van der Waals surface area contributed by atoms with Crippen LogP contribution in [-0.4, -0.2) is 49.6 Å². The topological polar surface area (TPSA) is 82.5 Å². The van der Waals surface area contributed by atoms with Crippen LogP contribution in [0.3, 0.4) is 0 Å². The highest BCUT2D eigenvalue weighted by Gasteiger charge is 2.17. The number of hydrogen-bond acceptors (Lipinski definition) is 5. The van der Waals surface area contributed by atoms with Gasteiger partial charge < -0.3 is 10.4 Å². The molecule has 0 aliphatic carbocycles. The fourth-order valence-corrected chi connectivity index (χ4v) is 2.27. The van der Waals surface area contributed by atoms with Crippen molar-refractivity contribution in [2.24, 2.45) is 0 Å². The smallest absolute Gasteiger partial charge is 0.244 e. The summed E-state index contributed by atoms with van der Waals surface area (Å²) in [6.45, 7) is 2.52. The summed E-state index contributed by atoms with van der Waals surface area (Å²) in [6.07, 6.45) is 2.36. The molecule has 0 saturated carbocycles. The van der Waals surface area contributed by atoms with Gasteiger partial charge in [-0.3, -0.25) is 0 Å². The van der Waals surface area contributed by atoms with Crippen molar-refractivity contribution in [1.82, 2.24) is 9.29 Å². The number of aromatic nitrogens is 1. The van der Waals surface area contributed by atoms with Gasteiger partial charge in [0.05, 0.1) is 6.10 Å². The lowest BCUT2D eigenvalue weighted by Gasteiger charge is -2.12. The van der Waals surface area contributed by atoms with Gasteiger partial charge in [-0.2, -0.15) is 0 Å². The summed E-state index contributed by atoms with van der Waals surface area (Å²) in [7, 11) is -0.469. The number of anilines is 1. The number of nitrogens with one attached hydrogen (secondary N) is 1. The van der Waals surface area contributed by atoms with Crippen LogP contribution < -0.4 is 5.32 Å². The molecule has 1 rings (SSSR count). The summed E-state index contributed by atoms with van der Waals surface area (Å²) in [5, 5.41) is 12.4. The van der Waals surface area contributed by atoms with Crippen LogP contribution in [0.1, 0.15) is 19.8 Å². The Labute approximate surface area is 114 Å². The van der Waals surface area contributed by atoms with Crippen LogP contribution >= 0.6 is 0 Å². The lowest BCUT2D eigenvalue weighted by atomic mass is 10.2. The van der Waals surface area contributed by atoms with Gasteiger partial charge in [0.15, 0.2) is 0 Å². The highest BCUT2D eigenvalue weighted by Crippen LogP contribution is 2.13. The molecule has 0 aliphatic rings. The number of pyridine rings is 1. The number of hydrogen-bond donors (Lipinski definition) is 2. The van der Waals surface area contributed by atoms with Crippen LogP contribution in [0.4, 0.5) is 5.82 Å². The molecule has 1 unspecified atom stereocenters. The first kappa shape index (κ1) is 15.9. The Kier molecular flexibility index (Phi) is 5.71. The Morgan fingerprint density at radius 3 is 2.58 bits per heavy atom. The molecular formula is C12H21N3O3S. The summed E-state index contributed by atoms with van der Waals surface area (Å²) in [6, 6.07) is 3.13. The third-order valence-corrected chi connectivity index (χ3v) is 4.57. The van der Waals surface area contributed by atoms with E-state index < -0.39 is 10.0 Å². The Hall–Kier alpha value is -1.18. The summed E-state index contributed by atoms with van der Waals surface area (Å²) < 4.78 is 24.8. The zero-order valence-corrected chi connectivity index (χ0v) is 12.3. The third-order valence-electron chi connectivity index (χ3n) is 2.77.